The van der Waals surface area contributed by atoms with Gasteiger partial charge < -0.3 is 15.7 Å². The van der Waals surface area contributed by atoms with E-state index in [2.05, 4.69) is 10.1 Å². The number of aliphatic imine (C=N–C) groups is 1. The van der Waals surface area contributed by atoms with Gasteiger partial charge in [-0.3, -0.25) is 0 Å². The van der Waals surface area contributed by atoms with Gasteiger partial charge in [-0.2, -0.15) is 0 Å². The first-order valence-corrected chi connectivity index (χ1v) is 5.87. The Labute approximate surface area is 116 Å². The van der Waals surface area contributed by atoms with Gasteiger partial charge in [0.15, 0.2) is 5.82 Å². The summed E-state index contributed by atoms with van der Waals surface area (Å²) in [5.41, 5.74) is 7.22. The van der Waals surface area contributed by atoms with Crippen LogP contribution in [0, 0.1) is 0 Å². The van der Waals surface area contributed by atoms with Crippen LogP contribution in [0.25, 0.3) is 5.69 Å². The highest BCUT2D eigenvalue weighted by molar-refractivity contribution is 5.87. The van der Waals surface area contributed by atoms with Crippen molar-refractivity contribution in [3.05, 3.63) is 36.0 Å². The minimum absolute atomic E-state index is 0.222. The summed E-state index contributed by atoms with van der Waals surface area (Å²) >= 11 is 0. The van der Waals surface area contributed by atoms with Gasteiger partial charge >= 0.3 is 5.97 Å². The molecule has 0 aliphatic carbocycles. The molecule has 0 amide bonds. The summed E-state index contributed by atoms with van der Waals surface area (Å²) in [5, 5.41) is 13.1. The normalized spacial score (nSPS) is 10.9. The van der Waals surface area contributed by atoms with Crippen molar-refractivity contribution in [3.63, 3.8) is 0 Å². The zero-order valence-electron chi connectivity index (χ0n) is 11.2. The van der Waals surface area contributed by atoms with Crippen molar-refractivity contribution < 1.29 is 9.90 Å². The minimum Gasteiger partial charge on any atom is -0.478 e. The highest BCUT2D eigenvalue weighted by Crippen LogP contribution is 2.21. The Morgan fingerprint density at radius 2 is 2.05 bits per heavy atom. The molecule has 0 saturated carbocycles. The van der Waals surface area contributed by atoms with Gasteiger partial charge in [0.1, 0.15) is 0 Å². The number of nitrogens with two attached hydrogens (primary N) is 1. The van der Waals surface area contributed by atoms with Crippen LogP contribution in [0.4, 0.5) is 11.5 Å². The molecule has 104 valence electrons. The fourth-order valence-corrected chi connectivity index (χ4v) is 1.54. The van der Waals surface area contributed by atoms with E-state index in [-0.39, 0.29) is 5.56 Å². The van der Waals surface area contributed by atoms with Crippen molar-refractivity contribution in [1.82, 2.24) is 14.7 Å². The molecule has 0 unspecified atom stereocenters. The molecule has 3 N–H and O–H groups in total. The lowest BCUT2D eigenvalue weighted by molar-refractivity contribution is 0.0697. The number of carboxylic acid groups (broad SMARTS) is 1. The summed E-state index contributed by atoms with van der Waals surface area (Å²) in [4.78, 5) is 16.7. The van der Waals surface area contributed by atoms with Crippen LogP contribution >= 0.6 is 0 Å². The van der Waals surface area contributed by atoms with E-state index in [1.807, 2.05) is 14.1 Å². The van der Waals surface area contributed by atoms with Crippen LogP contribution in [0.1, 0.15) is 10.4 Å². The molecule has 0 aliphatic heterocycles. The highest BCUT2D eigenvalue weighted by atomic mass is 16.4. The number of aromatic carboxylic acids is 1. The zero-order chi connectivity index (χ0) is 14.7. The summed E-state index contributed by atoms with van der Waals surface area (Å²) in [5.74, 6) is -0.547. The quantitative estimate of drug-likeness (QED) is 0.648. The van der Waals surface area contributed by atoms with Gasteiger partial charge in [-0.25, -0.2) is 14.5 Å². The van der Waals surface area contributed by atoms with E-state index in [1.54, 1.807) is 34.2 Å². The predicted molar refractivity (Wildman–Crippen MR) is 76.8 cm³/mol. The number of rotatable bonds is 4. The summed E-state index contributed by atoms with van der Waals surface area (Å²) in [6, 6.07) is 6.35. The monoisotopic (exact) mass is 273 g/mol. The average Bonchev–Trinajstić information content (AvgIpc) is 2.78. The van der Waals surface area contributed by atoms with Gasteiger partial charge in [-0.15, -0.1) is 5.10 Å². The van der Waals surface area contributed by atoms with Crippen LogP contribution in [0.5, 0.6) is 0 Å². The molecule has 2 aromatic rings. The molecule has 0 aliphatic rings. The second-order valence-corrected chi connectivity index (χ2v) is 4.41. The number of carboxylic acids is 1. The van der Waals surface area contributed by atoms with Crippen LogP contribution in [-0.4, -0.2) is 46.2 Å². The Morgan fingerprint density at radius 3 is 2.60 bits per heavy atom. The molecule has 0 bridgehead atoms. The van der Waals surface area contributed by atoms with E-state index >= 15 is 0 Å². The fourth-order valence-electron chi connectivity index (χ4n) is 1.54. The van der Waals surface area contributed by atoms with Crippen LogP contribution < -0.4 is 5.73 Å². The van der Waals surface area contributed by atoms with Gasteiger partial charge in [-0.1, -0.05) is 0 Å². The first kappa shape index (κ1) is 13.6. The van der Waals surface area contributed by atoms with Gasteiger partial charge in [0.05, 0.1) is 29.5 Å². The SMILES string of the molecule is CN(C)/C=N/c1nn(-c2ccc(C(=O)O)cc2)cc1N. The molecule has 7 nitrogen and oxygen atoms in total. The molecule has 1 heterocycles. The molecular formula is C13H15N5O2. The third-order valence-electron chi connectivity index (χ3n) is 2.51. The van der Waals surface area contributed by atoms with Crippen LogP contribution in [-0.2, 0) is 0 Å². The van der Waals surface area contributed by atoms with E-state index in [4.69, 9.17) is 10.8 Å². The summed E-state index contributed by atoms with van der Waals surface area (Å²) in [6.45, 7) is 0. The third kappa shape index (κ3) is 2.94. The van der Waals surface area contributed by atoms with Gasteiger partial charge in [0, 0.05) is 14.1 Å². The lowest BCUT2D eigenvalue weighted by Crippen LogP contribution is -2.07. The van der Waals surface area contributed by atoms with E-state index in [0.29, 0.717) is 17.2 Å². The summed E-state index contributed by atoms with van der Waals surface area (Å²) in [7, 11) is 3.70. The van der Waals surface area contributed by atoms with Crippen molar-refractivity contribution >= 4 is 23.8 Å². The standard InChI is InChI=1S/C13H15N5O2/c1-17(2)8-15-12-11(14)7-18(16-12)10-5-3-9(4-6-10)13(19)20/h3-8H,14H2,1-2H3,(H,19,20)/b15-8+. The Kier molecular flexibility index (Phi) is 3.69. The summed E-state index contributed by atoms with van der Waals surface area (Å²) < 4.78 is 1.56. The largest absolute Gasteiger partial charge is 0.478 e. The lowest BCUT2D eigenvalue weighted by atomic mass is 10.2. The number of hydrogen-bond acceptors (Lipinski definition) is 4. The molecular weight excluding hydrogens is 258 g/mol. The second kappa shape index (κ2) is 5.43. The first-order valence-electron chi connectivity index (χ1n) is 5.87. The molecule has 0 atom stereocenters. The molecule has 2 rings (SSSR count). The number of nitrogens with zero attached hydrogens (tertiary/aromatic N) is 4. The molecule has 20 heavy (non-hydrogen) atoms. The Morgan fingerprint density at radius 1 is 1.40 bits per heavy atom. The minimum atomic E-state index is -0.965. The number of carbonyl (C=O) groups is 1. The van der Waals surface area contributed by atoms with Crippen molar-refractivity contribution in [2.24, 2.45) is 4.99 Å². The topological polar surface area (TPSA) is 96.7 Å². The smallest absolute Gasteiger partial charge is 0.335 e. The molecule has 1 aromatic carbocycles. The maximum absolute atomic E-state index is 10.8. The highest BCUT2D eigenvalue weighted by Gasteiger charge is 2.07. The number of hydrogen-bond donors (Lipinski definition) is 2. The molecule has 0 radical (unpaired) electrons. The molecule has 1 aromatic heterocycles. The number of nitrogen functional groups attached to an aromatic ring is 1. The van der Waals surface area contributed by atoms with Crippen molar-refractivity contribution in [1.29, 1.82) is 0 Å². The van der Waals surface area contributed by atoms with Gasteiger partial charge in [0.25, 0.3) is 0 Å². The molecule has 0 fully saturated rings. The average molecular weight is 273 g/mol. The maximum atomic E-state index is 10.8. The van der Waals surface area contributed by atoms with Crippen LogP contribution in [0.3, 0.4) is 0 Å². The van der Waals surface area contributed by atoms with Crippen molar-refractivity contribution in [2.45, 2.75) is 0 Å². The molecule has 0 saturated heterocycles. The maximum Gasteiger partial charge on any atom is 0.335 e. The Hall–Kier alpha value is -2.83. The predicted octanol–water partition coefficient (Wildman–Crippen LogP) is 1.37. The second-order valence-electron chi connectivity index (χ2n) is 4.41. The number of aromatic nitrogens is 2. The lowest BCUT2D eigenvalue weighted by Gasteiger charge is -2.01. The Bertz CT molecular complexity index is 643. The number of benzene rings is 1. The number of anilines is 1. The van der Waals surface area contributed by atoms with Crippen molar-refractivity contribution in [3.8, 4) is 5.69 Å². The van der Waals surface area contributed by atoms with E-state index in [1.165, 1.54) is 12.1 Å². The summed E-state index contributed by atoms with van der Waals surface area (Å²) in [6.07, 6.45) is 3.24. The third-order valence-corrected chi connectivity index (χ3v) is 2.51. The van der Waals surface area contributed by atoms with Gasteiger partial charge in [-0.05, 0) is 24.3 Å². The fraction of sp³-hybridized carbons (Fsp3) is 0.154. The van der Waals surface area contributed by atoms with E-state index < -0.39 is 5.97 Å². The van der Waals surface area contributed by atoms with E-state index in [0.717, 1.165) is 0 Å². The molecule has 0 spiro atoms. The molecule has 7 heteroatoms. The van der Waals surface area contributed by atoms with E-state index in [9.17, 15) is 4.79 Å². The van der Waals surface area contributed by atoms with Crippen molar-refractivity contribution in [2.75, 3.05) is 19.8 Å². The Balaban J connectivity index is 2.29. The first-order chi connectivity index (χ1) is 9.47. The van der Waals surface area contributed by atoms with Crippen LogP contribution in [0.2, 0.25) is 0 Å². The zero-order valence-corrected chi connectivity index (χ0v) is 11.2. The van der Waals surface area contributed by atoms with Crippen LogP contribution in [0.15, 0.2) is 35.5 Å². The van der Waals surface area contributed by atoms with Gasteiger partial charge in [0.2, 0.25) is 0 Å².